The van der Waals surface area contributed by atoms with Crippen LogP contribution in [-0.4, -0.2) is 27.9 Å². The topological polar surface area (TPSA) is 106 Å². The second kappa shape index (κ2) is 5.47. The van der Waals surface area contributed by atoms with Crippen molar-refractivity contribution < 1.29 is 13.6 Å². The Hall–Kier alpha value is -2.90. The van der Waals surface area contributed by atoms with E-state index < -0.39 is 0 Å². The molecule has 0 aliphatic carbocycles. The van der Waals surface area contributed by atoms with E-state index in [0.717, 1.165) is 0 Å². The lowest BCUT2D eigenvalue weighted by Gasteiger charge is -2.04. The molecule has 8 heteroatoms. The molecule has 0 unspecified atom stereocenters. The molecule has 3 aromatic heterocycles. The van der Waals surface area contributed by atoms with Gasteiger partial charge in [0.2, 0.25) is 0 Å². The van der Waals surface area contributed by atoms with Gasteiger partial charge in [-0.2, -0.15) is 4.98 Å². The zero-order valence-electron chi connectivity index (χ0n) is 12.4. The Morgan fingerprint density at radius 3 is 2.77 bits per heavy atom. The molecule has 0 aliphatic rings. The van der Waals surface area contributed by atoms with E-state index in [1.165, 1.54) is 0 Å². The molecular weight excluding hydrogens is 286 g/mol. The molecule has 0 aliphatic heterocycles. The van der Waals surface area contributed by atoms with Crippen LogP contribution in [-0.2, 0) is 6.54 Å². The Bertz CT molecular complexity index is 836. The van der Waals surface area contributed by atoms with Crippen LogP contribution in [0.1, 0.15) is 28.0 Å². The van der Waals surface area contributed by atoms with Crippen LogP contribution in [0.3, 0.4) is 0 Å². The first-order valence-corrected chi connectivity index (χ1v) is 6.73. The summed E-state index contributed by atoms with van der Waals surface area (Å²) in [6.07, 6.45) is 0. The van der Waals surface area contributed by atoms with Crippen molar-refractivity contribution >= 4 is 23.0 Å². The average molecular weight is 301 g/mol. The zero-order valence-corrected chi connectivity index (χ0v) is 12.4. The molecule has 3 heterocycles. The van der Waals surface area contributed by atoms with E-state index >= 15 is 0 Å². The molecule has 0 saturated heterocycles. The van der Waals surface area contributed by atoms with Crippen molar-refractivity contribution in [1.29, 1.82) is 0 Å². The van der Waals surface area contributed by atoms with Gasteiger partial charge < -0.3 is 19.5 Å². The third kappa shape index (κ3) is 2.62. The number of rotatable bonds is 4. The van der Waals surface area contributed by atoms with Gasteiger partial charge in [-0.15, -0.1) is 0 Å². The summed E-state index contributed by atoms with van der Waals surface area (Å²) in [6.45, 7) is 3.90. The minimum Gasteiger partial charge on any atom is -0.454 e. The highest BCUT2D eigenvalue weighted by atomic mass is 16.4. The van der Waals surface area contributed by atoms with E-state index in [4.69, 9.17) is 8.83 Å². The van der Waals surface area contributed by atoms with Crippen LogP contribution in [0.15, 0.2) is 21.0 Å². The van der Waals surface area contributed by atoms with Crippen molar-refractivity contribution in [3.05, 3.63) is 35.4 Å². The van der Waals surface area contributed by atoms with E-state index in [-0.39, 0.29) is 11.7 Å². The molecule has 0 atom stereocenters. The summed E-state index contributed by atoms with van der Waals surface area (Å²) in [6, 6.07) is 3.35. The van der Waals surface area contributed by atoms with E-state index in [0.29, 0.717) is 41.1 Å². The number of nitrogens with one attached hydrogen (secondary N) is 2. The SMILES string of the molecule is CNC(=O)c1ccc(CNc2nc(C)nc3oc(C)nc23)o1. The van der Waals surface area contributed by atoms with Gasteiger partial charge in [0.05, 0.1) is 6.54 Å². The van der Waals surface area contributed by atoms with Gasteiger partial charge in [0.1, 0.15) is 11.6 Å². The molecule has 0 fully saturated rings. The van der Waals surface area contributed by atoms with Crippen LogP contribution >= 0.6 is 0 Å². The number of aryl methyl sites for hydroxylation is 2. The first kappa shape index (κ1) is 14.1. The fraction of sp³-hybridized carbons (Fsp3) is 0.286. The average Bonchev–Trinajstić information content (AvgIpc) is 3.09. The summed E-state index contributed by atoms with van der Waals surface area (Å²) in [4.78, 5) is 24.2. The quantitative estimate of drug-likeness (QED) is 0.756. The van der Waals surface area contributed by atoms with Gasteiger partial charge in [0, 0.05) is 14.0 Å². The van der Waals surface area contributed by atoms with Gasteiger partial charge in [0.15, 0.2) is 23.0 Å². The van der Waals surface area contributed by atoms with E-state index in [1.807, 2.05) is 0 Å². The predicted molar refractivity (Wildman–Crippen MR) is 78.5 cm³/mol. The van der Waals surface area contributed by atoms with Gasteiger partial charge in [-0.05, 0) is 19.1 Å². The van der Waals surface area contributed by atoms with Crippen LogP contribution in [0.25, 0.3) is 11.2 Å². The van der Waals surface area contributed by atoms with Gasteiger partial charge in [-0.1, -0.05) is 0 Å². The molecule has 0 bridgehead atoms. The smallest absolute Gasteiger partial charge is 0.286 e. The number of hydrogen-bond acceptors (Lipinski definition) is 7. The molecule has 8 nitrogen and oxygen atoms in total. The number of carbonyl (C=O) groups excluding carboxylic acids is 1. The van der Waals surface area contributed by atoms with Crippen LogP contribution in [0.4, 0.5) is 5.82 Å². The zero-order chi connectivity index (χ0) is 15.7. The van der Waals surface area contributed by atoms with Crippen LogP contribution in [0.2, 0.25) is 0 Å². The van der Waals surface area contributed by atoms with Crippen LogP contribution in [0, 0.1) is 13.8 Å². The molecule has 114 valence electrons. The van der Waals surface area contributed by atoms with Gasteiger partial charge >= 0.3 is 0 Å². The van der Waals surface area contributed by atoms with E-state index in [9.17, 15) is 4.79 Å². The predicted octanol–water partition coefficient (Wildman–Crippen LogP) is 1.80. The van der Waals surface area contributed by atoms with E-state index in [1.54, 1.807) is 33.0 Å². The molecule has 0 saturated carbocycles. The molecular formula is C14H15N5O3. The van der Waals surface area contributed by atoms with Crippen molar-refractivity contribution in [3.63, 3.8) is 0 Å². The Morgan fingerprint density at radius 2 is 2.00 bits per heavy atom. The van der Waals surface area contributed by atoms with Gasteiger partial charge in [-0.3, -0.25) is 4.79 Å². The molecule has 0 aromatic carbocycles. The maximum atomic E-state index is 11.5. The Morgan fingerprint density at radius 1 is 1.18 bits per heavy atom. The summed E-state index contributed by atoms with van der Waals surface area (Å²) >= 11 is 0. The summed E-state index contributed by atoms with van der Waals surface area (Å²) in [5.41, 5.74) is 1.01. The standard InChI is InChI=1S/C14H15N5O3/c1-7-17-12(11-14(18-7)21-8(2)19-11)16-6-9-4-5-10(22-9)13(20)15-3/h4-5H,6H2,1-3H3,(H,15,20)(H,16,17,18). The highest BCUT2D eigenvalue weighted by Gasteiger charge is 2.13. The molecule has 3 aromatic rings. The summed E-state index contributed by atoms with van der Waals surface area (Å²) in [7, 11) is 1.55. The fourth-order valence-corrected chi connectivity index (χ4v) is 2.05. The second-order valence-electron chi connectivity index (χ2n) is 4.70. The number of nitrogens with zero attached hydrogens (tertiary/aromatic N) is 3. The number of hydrogen-bond donors (Lipinski definition) is 2. The number of fused-ring (bicyclic) bond motifs is 1. The normalized spacial score (nSPS) is 10.9. The number of oxazole rings is 1. The van der Waals surface area contributed by atoms with Crippen molar-refractivity contribution in [1.82, 2.24) is 20.3 Å². The minimum absolute atomic E-state index is 0.264. The molecule has 0 spiro atoms. The lowest BCUT2D eigenvalue weighted by Crippen LogP contribution is -2.16. The number of aromatic nitrogens is 3. The van der Waals surface area contributed by atoms with Crippen LogP contribution < -0.4 is 10.6 Å². The Labute approximate surface area is 126 Å². The largest absolute Gasteiger partial charge is 0.454 e. The monoisotopic (exact) mass is 301 g/mol. The van der Waals surface area contributed by atoms with Crippen molar-refractivity contribution in [3.8, 4) is 0 Å². The highest BCUT2D eigenvalue weighted by molar-refractivity contribution is 5.91. The highest BCUT2D eigenvalue weighted by Crippen LogP contribution is 2.21. The number of amides is 1. The Kier molecular flexibility index (Phi) is 3.50. The molecule has 3 rings (SSSR count). The van der Waals surface area contributed by atoms with Gasteiger partial charge in [-0.25, -0.2) is 9.97 Å². The lowest BCUT2D eigenvalue weighted by molar-refractivity contribution is 0.0934. The first-order chi connectivity index (χ1) is 10.6. The van der Waals surface area contributed by atoms with E-state index in [2.05, 4.69) is 25.6 Å². The lowest BCUT2D eigenvalue weighted by atomic mass is 10.4. The fourth-order valence-electron chi connectivity index (χ4n) is 2.05. The third-order valence-corrected chi connectivity index (χ3v) is 3.02. The minimum atomic E-state index is -0.265. The molecule has 22 heavy (non-hydrogen) atoms. The molecule has 1 amide bonds. The first-order valence-electron chi connectivity index (χ1n) is 6.73. The third-order valence-electron chi connectivity index (χ3n) is 3.02. The van der Waals surface area contributed by atoms with Gasteiger partial charge in [0.25, 0.3) is 11.6 Å². The Balaban J connectivity index is 1.81. The van der Waals surface area contributed by atoms with Crippen molar-refractivity contribution in [2.75, 3.05) is 12.4 Å². The number of anilines is 1. The molecule has 2 N–H and O–H groups in total. The summed E-state index contributed by atoms with van der Waals surface area (Å²) in [5.74, 6) is 2.29. The van der Waals surface area contributed by atoms with Crippen LogP contribution in [0.5, 0.6) is 0 Å². The second-order valence-corrected chi connectivity index (χ2v) is 4.70. The summed E-state index contributed by atoms with van der Waals surface area (Å²) in [5, 5.41) is 5.64. The number of furan rings is 1. The maximum Gasteiger partial charge on any atom is 0.286 e. The maximum absolute atomic E-state index is 11.5. The summed E-state index contributed by atoms with van der Waals surface area (Å²) < 4.78 is 10.9. The number of carbonyl (C=O) groups is 1. The molecule has 0 radical (unpaired) electrons. The van der Waals surface area contributed by atoms with Crippen molar-refractivity contribution in [2.45, 2.75) is 20.4 Å². The van der Waals surface area contributed by atoms with Crippen molar-refractivity contribution in [2.24, 2.45) is 0 Å².